The smallest absolute Gasteiger partial charge is 0.227 e. The molecule has 2 aliphatic rings. The van der Waals surface area contributed by atoms with Crippen LogP contribution in [0.25, 0.3) is 0 Å². The predicted octanol–water partition coefficient (Wildman–Crippen LogP) is 4.46. The maximum atomic E-state index is 15.5. The third-order valence-electron chi connectivity index (χ3n) is 8.02. The highest BCUT2D eigenvalue weighted by molar-refractivity contribution is 5.68. The summed E-state index contributed by atoms with van der Waals surface area (Å²) in [5.74, 6) is -1.76. The molecular formula is C30H37F3N6O4. The van der Waals surface area contributed by atoms with Crippen molar-refractivity contribution >= 4 is 17.3 Å². The first-order valence-electron chi connectivity index (χ1n) is 14.2. The molecule has 2 aliphatic heterocycles. The molecule has 0 spiro atoms. The van der Waals surface area contributed by atoms with Crippen LogP contribution in [0.5, 0.6) is 23.0 Å². The molecule has 13 heteroatoms. The van der Waals surface area contributed by atoms with E-state index in [0.717, 1.165) is 58.2 Å². The van der Waals surface area contributed by atoms with E-state index >= 15 is 4.39 Å². The fourth-order valence-corrected chi connectivity index (χ4v) is 5.55. The van der Waals surface area contributed by atoms with E-state index in [4.69, 9.17) is 18.9 Å². The molecule has 0 bridgehead atoms. The fraction of sp³-hybridized carbons (Fsp3) is 0.467. The lowest BCUT2D eigenvalue weighted by atomic mass is 10.0. The number of anilines is 3. The number of ether oxygens (including phenoxy) is 4. The first-order chi connectivity index (χ1) is 20.8. The number of hydrogen-bond donors (Lipinski definition) is 1. The van der Waals surface area contributed by atoms with Crippen molar-refractivity contribution in [3.05, 3.63) is 53.6 Å². The van der Waals surface area contributed by atoms with Gasteiger partial charge in [-0.1, -0.05) is 0 Å². The molecule has 2 saturated heterocycles. The molecule has 5 rings (SSSR count). The zero-order valence-electron chi connectivity index (χ0n) is 24.8. The van der Waals surface area contributed by atoms with Crippen molar-refractivity contribution < 1.29 is 32.1 Å². The lowest BCUT2D eigenvalue weighted by molar-refractivity contribution is 0.0980. The fourth-order valence-electron chi connectivity index (χ4n) is 5.55. The molecular weight excluding hydrogens is 565 g/mol. The van der Waals surface area contributed by atoms with Gasteiger partial charge >= 0.3 is 0 Å². The average Bonchev–Trinajstić information content (AvgIpc) is 3.02. The van der Waals surface area contributed by atoms with Crippen LogP contribution in [0.1, 0.15) is 18.4 Å². The highest BCUT2D eigenvalue weighted by Gasteiger charge is 2.29. The van der Waals surface area contributed by atoms with E-state index in [1.807, 2.05) is 0 Å². The third kappa shape index (κ3) is 6.83. The second kappa shape index (κ2) is 13.6. The van der Waals surface area contributed by atoms with Gasteiger partial charge in [0.15, 0.2) is 34.7 Å². The highest BCUT2D eigenvalue weighted by atomic mass is 19.1. The standard InChI is InChI=1S/C30H37F3N6O4/c1-37-9-11-38(12-10-37)20-5-7-39(8-6-20)29-23(31)13-19(14-26(29)42-4)36-30-34-16-21(17-35-30)43-18-22-27(32)24(40-2)15-25(41-3)28(22)33/h13-17,20H,5-12,18H2,1-4H3,(H,34,35,36). The van der Waals surface area contributed by atoms with Crippen molar-refractivity contribution in [3.63, 3.8) is 0 Å². The first kappa shape index (κ1) is 30.5. The normalized spacial score (nSPS) is 16.7. The SMILES string of the molecule is COc1cc(OC)c(F)c(COc2cnc(Nc3cc(F)c(N4CCC(N5CCN(C)CC5)CC4)c(OC)c3)nc2)c1F. The Balaban J connectivity index is 1.21. The van der Waals surface area contributed by atoms with Gasteiger partial charge in [-0.2, -0.15) is 0 Å². The molecule has 3 aromatic rings. The van der Waals surface area contributed by atoms with Gasteiger partial charge in [0.25, 0.3) is 0 Å². The number of benzene rings is 2. The summed E-state index contributed by atoms with van der Waals surface area (Å²) in [7, 11) is 6.21. The molecule has 1 aromatic heterocycles. The van der Waals surface area contributed by atoms with Gasteiger partial charge in [-0.05, 0) is 26.0 Å². The Bertz CT molecular complexity index is 1370. The minimum absolute atomic E-state index is 0.170. The summed E-state index contributed by atoms with van der Waals surface area (Å²) in [5, 5.41) is 2.97. The summed E-state index contributed by atoms with van der Waals surface area (Å²) < 4.78 is 65.7. The Morgan fingerprint density at radius 3 is 2.00 bits per heavy atom. The molecule has 0 radical (unpaired) electrons. The van der Waals surface area contributed by atoms with E-state index < -0.39 is 24.1 Å². The Hall–Kier alpha value is -3.97. The third-order valence-corrected chi connectivity index (χ3v) is 8.02. The molecule has 2 aromatic carbocycles. The van der Waals surface area contributed by atoms with Crippen molar-refractivity contribution in [2.45, 2.75) is 25.5 Å². The van der Waals surface area contributed by atoms with Gasteiger partial charge in [-0.25, -0.2) is 23.1 Å². The topological polar surface area (TPSA) is 84.5 Å². The van der Waals surface area contributed by atoms with Crippen molar-refractivity contribution in [1.29, 1.82) is 0 Å². The van der Waals surface area contributed by atoms with Crippen LogP contribution in [0.4, 0.5) is 30.5 Å². The molecule has 0 amide bonds. The largest absolute Gasteiger partial charge is 0.494 e. The Labute approximate surface area is 249 Å². The Kier molecular flexibility index (Phi) is 9.61. The van der Waals surface area contributed by atoms with E-state index in [1.54, 1.807) is 6.07 Å². The quantitative estimate of drug-likeness (QED) is 0.359. The lowest BCUT2D eigenvalue weighted by Gasteiger charge is -2.42. The minimum Gasteiger partial charge on any atom is -0.494 e. The number of piperazine rings is 1. The van der Waals surface area contributed by atoms with Gasteiger partial charge in [-0.15, -0.1) is 0 Å². The van der Waals surface area contributed by atoms with Gasteiger partial charge in [0.1, 0.15) is 18.0 Å². The predicted molar refractivity (Wildman–Crippen MR) is 156 cm³/mol. The lowest BCUT2D eigenvalue weighted by Crippen LogP contribution is -2.52. The number of piperidine rings is 1. The molecule has 0 saturated carbocycles. The van der Waals surface area contributed by atoms with Crippen molar-refractivity contribution in [2.75, 3.05) is 77.9 Å². The molecule has 2 fully saturated rings. The van der Waals surface area contributed by atoms with Crippen molar-refractivity contribution in [2.24, 2.45) is 0 Å². The number of nitrogens with one attached hydrogen (secondary N) is 1. The number of rotatable bonds is 10. The number of likely N-dealkylation sites (N-methyl/N-ethyl adjacent to an activating group) is 1. The number of hydrogen-bond acceptors (Lipinski definition) is 10. The summed E-state index contributed by atoms with van der Waals surface area (Å²) in [4.78, 5) is 15.3. The zero-order chi connectivity index (χ0) is 30.5. The summed E-state index contributed by atoms with van der Waals surface area (Å²) in [6, 6.07) is 4.74. The van der Waals surface area contributed by atoms with Gasteiger partial charge in [0.2, 0.25) is 5.95 Å². The molecule has 3 heterocycles. The Morgan fingerprint density at radius 1 is 0.814 bits per heavy atom. The summed E-state index contributed by atoms with van der Waals surface area (Å²) in [5.41, 5.74) is 0.500. The molecule has 0 atom stereocenters. The van der Waals surface area contributed by atoms with Crippen LogP contribution in [0, 0.1) is 17.5 Å². The maximum Gasteiger partial charge on any atom is 0.227 e. The van der Waals surface area contributed by atoms with Crippen LogP contribution in [-0.4, -0.2) is 93.5 Å². The van der Waals surface area contributed by atoms with Crippen LogP contribution >= 0.6 is 0 Å². The van der Waals surface area contributed by atoms with Crippen molar-refractivity contribution in [3.8, 4) is 23.0 Å². The van der Waals surface area contributed by atoms with E-state index in [0.29, 0.717) is 23.2 Å². The average molecular weight is 603 g/mol. The van der Waals surface area contributed by atoms with Crippen LogP contribution in [-0.2, 0) is 6.61 Å². The van der Waals surface area contributed by atoms with E-state index in [2.05, 4.69) is 37.0 Å². The van der Waals surface area contributed by atoms with Crippen LogP contribution in [0.15, 0.2) is 30.6 Å². The molecule has 0 unspecified atom stereocenters. The number of nitrogens with zero attached hydrogens (tertiary/aromatic N) is 5. The zero-order valence-corrected chi connectivity index (χ0v) is 24.8. The van der Waals surface area contributed by atoms with Gasteiger partial charge in [-0.3, -0.25) is 4.90 Å². The van der Waals surface area contributed by atoms with Crippen molar-refractivity contribution in [1.82, 2.24) is 19.8 Å². The molecule has 232 valence electrons. The molecule has 1 N–H and O–H groups in total. The van der Waals surface area contributed by atoms with Gasteiger partial charge in [0.05, 0.1) is 39.3 Å². The number of halogens is 3. The second-order valence-electron chi connectivity index (χ2n) is 10.6. The highest BCUT2D eigenvalue weighted by Crippen LogP contribution is 2.37. The summed E-state index contributed by atoms with van der Waals surface area (Å²) >= 11 is 0. The second-order valence-corrected chi connectivity index (χ2v) is 10.6. The summed E-state index contributed by atoms with van der Waals surface area (Å²) in [6.45, 7) is 5.35. The summed E-state index contributed by atoms with van der Waals surface area (Å²) in [6.07, 6.45) is 4.63. The number of methoxy groups -OCH3 is 3. The van der Waals surface area contributed by atoms with Gasteiger partial charge < -0.3 is 34.1 Å². The van der Waals surface area contributed by atoms with Crippen LogP contribution in [0.2, 0.25) is 0 Å². The van der Waals surface area contributed by atoms with Crippen LogP contribution < -0.4 is 29.2 Å². The van der Waals surface area contributed by atoms with E-state index in [9.17, 15) is 8.78 Å². The maximum absolute atomic E-state index is 15.5. The first-order valence-corrected chi connectivity index (χ1v) is 14.2. The van der Waals surface area contributed by atoms with Crippen LogP contribution in [0.3, 0.4) is 0 Å². The van der Waals surface area contributed by atoms with Gasteiger partial charge in [0, 0.05) is 63.1 Å². The molecule has 0 aliphatic carbocycles. The molecule has 43 heavy (non-hydrogen) atoms. The minimum atomic E-state index is -0.890. The Morgan fingerprint density at radius 2 is 1.42 bits per heavy atom. The van der Waals surface area contributed by atoms with E-state index in [-0.39, 0.29) is 28.8 Å². The molecule has 10 nitrogen and oxygen atoms in total. The number of aromatic nitrogens is 2. The van der Waals surface area contributed by atoms with E-state index in [1.165, 1.54) is 39.8 Å². The monoisotopic (exact) mass is 602 g/mol.